The monoisotopic (exact) mass is 191 g/mol. The third kappa shape index (κ3) is 1.30. The predicted molar refractivity (Wildman–Crippen MR) is 54.3 cm³/mol. The number of nitrogens with zero attached hydrogens (tertiary/aromatic N) is 1. The number of aryl methyl sites for hydroxylation is 1. The van der Waals surface area contributed by atoms with Gasteiger partial charge in [-0.2, -0.15) is 0 Å². The van der Waals surface area contributed by atoms with E-state index in [1.165, 1.54) is 0 Å². The highest BCUT2D eigenvalue weighted by Crippen LogP contribution is 2.31. The smallest absolute Gasteiger partial charge is 0.231 e. The Morgan fingerprint density at radius 3 is 3.00 bits per heavy atom. The normalized spacial score (nSPS) is 14.7. The molecular formula is C11H13NO2. The zero-order valence-corrected chi connectivity index (χ0v) is 8.16. The molecule has 0 aromatic heterocycles. The summed E-state index contributed by atoms with van der Waals surface area (Å²) in [5, 5.41) is 8.87. The number of carbonyl (C=O) groups is 1. The van der Waals surface area contributed by atoms with E-state index in [1.807, 2.05) is 25.1 Å². The summed E-state index contributed by atoms with van der Waals surface area (Å²) in [4.78, 5) is 13.3. The maximum absolute atomic E-state index is 11.6. The summed E-state index contributed by atoms with van der Waals surface area (Å²) in [5.74, 6) is 0.0864. The van der Waals surface area contributed by atoms with Crippen LogP contribution in [0.25, 0.3) is 0 Å². The van der Waals surface area contributed by atoms with Gasteiger partial charge in [0.1, 0.15) is 0 Å². The minimum atomic E-state index is 0.0134. The number of aliphatic hydroxyl groups excluding tert-OH is 1. The molecule has 0 aliphatic carbocycles. The second-order valence-electron chi connectivity index (χ2n) is 3.53. The molecule has 0 saturated heterocycles. The Labute approximate surface area is 83.0 Å². The van der Waals surface area contributed by atoms with Gasteiger partial charge in [-0.1, -0.05) is 18.2 Å². The van der Waals surface area contributed by atoms with Gasteiger partial charge in [0.25, 0.3) is 0 Å². The number of benzene rings is 1. The third-order valence-electron chi connectivity index (χ3n) is 2.56. The molecule has 1 heterocycles. The lowest BCUT2D eigenvalue weighted by Gasteiger charge is -2.17. The van der Waals surface area contributed by atoms with Gasteiger partial charge in [-0.25, -0.2) is 0 Å². The number of hydrogen-bond acceptors (Lipinski definition) is 2. The molecule has 0 unspecified atom stereocenters. The van der Waals surface area contributed by atoms with Crippen molar-refractivity contribution in [3.8, 4) is 0 Å². The highest BCUT2D eigenvalue weighted by Gasteiger charge is 2.27. The molecule has 3 heteroatoms. The van der Waals surface area contributed by atoms with Crippen LogP contribution in [0.2, 0.25) is 0 Å². The van der Waals surface area contributed by atoms with Crippen molar-refractivity contribution in [3.05, 3.63) is 29.3 Å². The van der Waals surface area contributed by atoms with Gasteiger partial charge >= 0.3 is 0 Å². The Bertz CT molecular complexity index is 374. The van der Waals surface area contributed by atoms with Crippen LogP contribution in [0, 0.1) is 6.92 Å². The lowest BCUT2D eigenvalue weighted by Crippen LogP contribution is -2.30. The number of rotatable bonds is 2. The average molecular weight is 191 g/mol. The van der Waals surface area contributed by atoms with Crippen molar-refractivity contribution in [3.63, 3.8) is 0 Å². The summed E-state index contributed by atoms with van der Waals surface area (Å²) in [7, 11) is 0. The quantitative estimate of drug-likeness (QED) is 0.753. The molecular weight excluding hydrogens is 178 g/mol. The van der Waals surface area contributed by atoms with Crippen molar-refractivity contribution >= 4 is 11.6 Å². The first-order chi connectivity index (χ1) is 6.74. The highest BCUT2D eigenvalue weighted by atomic mass is 16.3. The van der Waals surface area contributed by atoms with Crippen LogP contribution in [0.4, 0.5) is 5.69 Å². The molecule has 1 aliphatic heterocycles. The van der Waals surface area contributed by atoms with Crippen molar-refractivity contribution in [2.75, 3.05) is 18.1 Å². The van der Waals surface area contributed by atoms with Crippen LogP contribution in [0.5, 0.6) is 0 Å². The maximum atomic E-state index is 11.6. The number of para-hydroxylation sites is 1. The number of aliphatic hydroxyl groups is 1. The first kappa shape index (κ1) is 9.21. The third-order valence-corrected chi connectivity index (χ3v) is 2.56. The molecule has 0 fully saturated rings. The molecule has 74 valence electrons. The van der Waals surface area contributed by atoms with Crippen molar-refractivity contribution in [2.45, 2.75) is 13.3 Å². The van der Waals surface area contributed by atoms with Crippen molar-refractivity contribution in [1.82, 2.24) is 0 Å². The van der Waals surface area contributed by atoms with Gasteiger partial charge in [0.2, 0.25) is 5.91 Å². The summed E-state index contributed by atoms with van der Waals surface area (Å²) in [6, 6.07) is 5.92. The van der Waals surface area contributed by atoms with Gasteiger partial charge < -0.3 is 10.0 Å². The Balaban J connectivity index is 2.44. The number of fused-ring (bicyclic) bond motifs is 1. The van der Waals surface area contributed by atoms with Gasteiger partial charge in [0, 0.05) is 6.54 Å². The largest absolute Gasteiger partial charge is 0.395 e. The van der Waals surface area contributed by atoms with Crippen molar-refractivity contribution < 1.29 is 9.90 Å². The van der Waals surface area contributed by atoms with E-state index in [4.69, 9.17) is 5.11 Å². The number of anilines is 1. The van der Waals surface area contributed by atoms with E-state index < -0.39 is 0 Å². The Kier molecular flexibility index (Phi) is 2.25. The highest BCUT2D eigenvalue weighted by molar-refractivity contribution is 6.02. The second-order valence-corrected chi connectivity index (χ2v) is 3.53. The maximum Gasteiger partial charge on any atom is 0.231 e. The Morgan fingerprint density at radius 2 is 2.29 bits per heavy atom. The number of β-amino-alcohol motifs (C(OH)–C–C–N with tert-alkyl or cyclic N) is 1. The average Bonchev–Trinajstić information content (AvgIpc) is 2.45. The molecule has 2 rings (SSSR count). The van der Waals surface area contributed by atoms with Crippen LogP contribution in [0.3, 0.4) is 0 Å². The Morgan fingerprint density at radius 1 is 1.50 bits per heavy atom. The fraction of sp³-hybridized carbons (Fsp3) is 0.364. The summed E-state index contributed by atoms with van der Waals surface area (Å²) >= 11 is 0. The standard InChI is InChI=1S/C11H13NO2/c1-8-3-2-4-9-7-10(14)12(5-6-13)11(8)9/h2-4,13H,5-7H2,1H3. The number of amides is 1. The van der Waals surface area contributed by atoms with Gasteiger partial charge in [-0.05, 0) is 18.1 Å². The molecule has 1 N–H and O–H groups in total. The predicted octanol–water partition coefficient (Wildman–Crippen LogP) is 0.876. The van der Waals surface area contributed by atoms with Crippen LogP contribution in [0.15, 0.2) is 18.2 Å². The fourth-order valence-corrected chi connectivity index (χ4v) is 1.97. The van der Waals surface area contributed by atoms with Crippen LogP contribution in [-0.2, 0) is 11.2 Å². The molecule has 0 bridgehead atoms. The molecule has 0 atom stereocenters. The minimum Gasteiger partial charge on any atom is -0.395 e. The van der Waals surface area contributed by atoms with E-state index in [9.17, 15) is 4.79 Å². The van der Waals surface area contributed by atoms with E-state index in [2.05, 4.69) is 0 Å². The lowest BCUT2D eigenvalue weighted by molar-refractivity contribution is -0.117. The summed E-state index contributed by atoms with van der Waals surface area (Å²) in [6.07, 6.45) is 0.469. The number of hydrogen-bond donors (Lipinski definition) is 1. The SMILES string of the molecule is Cc1cccc2c1N(CCO)C(=O)C2. The van der Waals surface area contributed by atoms with Crippen LogP contribution in [-0.4, -0.2) is 24.2 Å². The number of carbonyl (C=O) groups excluding carboxylic acids is 1. The summed E-state index contributed by atoms with van der Waals surface area (Å²) < 4.78 is 0. The van der Waals surface area contributed by atoms with Gasteiger partial charge in [-0.3, -0.25) is 4.79 Å². The van der Waals surface area contributed by atoms with Crippen molar-refractivity contribution in [1.29, 1.82) is 0 Å². The van der Waals surface area contributed by atoms with E-state index in [1.54, 1.807) is 4.90 Å². The summed E-state index contributed by atoms with van der Waals surface area (Å²) in [5.41, 5.74) is 3.16. The first-order valence-electron chi connectivity index (χ1n) is 4.73. The zero-order chi connectivity index (χ0) is 10.1. The Hall–Kier alpha value is -1.35. The molecule has 1 amide bonds. The fourth-order valence-electron chi connectivity index (χ4n) is 1.97. The van der Waals surface area contributed by atoms with Gasteiger partial charge in [0.15, 0.2) is 0 Å². The van der Waals surface area contributed by atoms with Gasteiger partial charge in [0.05, 0.1) is 18.7 Å². The molecule has 0 radical (unpaired) electrons. The zero-order valence-electron chi connectivity index (χ0n) is 8.16. The molecule has 3 nitrogen and oxygen atoms in total. The molecule has 14 heavy (non-hydrogen) atoms. The van der Waals surface area contributed by atoms with Crippen molar-refractivity contribution in [2.24, 2.45) is 0 Å². The molecule has 1 aromatic rings. The van der Waals surface area contributed by atoms with Gasteiger partial charge in [-0.15, -0.1) is 0 Å². The van der Waals surface area contributed by atoms with E-state index >= 15 is 0 Å². The summed E-state index contributed by atoms with van der Waals surface area (Å²) in [6.45, 7) is 2.40. The topological polar surface area (TPSA) is 40.5 Å². The molecule has 0 spiro atoms. The van der Waals surface area contributed by atoms with Crippen LogP contribution < -0.4 is 4.90 Å². The van der Waals surface area contributed by atoms with Crippen LogP contribution >= 0.6 is 0 Å². The first-order valence-corrected chi connectivity index (χ1v) is 4.73. The molecule has 0 saturated carbocycles. The van der Waals surface area contributed by atoms with E-state index in [0.29, 0.717) is 13.0 Å². The lowest BCUT2D eigenvalue weighted by atomic mass is 10.1. The minimum absolute atomic E-state index is 0.0134. The van der Waals surface area contributed by atoms with E-state index in [-0.39, 0.29) is 12.5 Å². The molecule has 1 aromatic carbocycles. The molecule has 1 aliphatic rings. The van der Waals surface area contributed by atoms with E-state index in [0.717, 1.165) is 16.8 Å². The van der Waals surface area contributed by atoms with Crippen LogP contribution in [0.1, 0.15) is 11.1 Å². The second kappa shape index (κ2) is 3.42.